The average molecular weight is 219 g/mol. The molecule has 4 heteroatoms. The minimum absolute atomic E-state index is 0.225. The first-order valence-electron chi connectivity index (χ1n) is 5.59. The van der Waals surface area contributed by atoms with Crippen LogP contribution in [0.25, 0.3) is 0 Å². The first kappa shape index (κ1) is 14.8. The zero-order valence-corrected chi connectivity index (χ0v) is 10.2. The fourth-order valence-corrected chi connectivity index (χ4v) is 1.36. The van der Waals surface area contributed by atoms with Crippen molar-refractivity contribution in [3.63, 3.8) is 0 Å². The molecule has 0 bridgehead atoms. The molecule has 0 fully saturated rings. The van der Waals surface area contributed by atoms with Gasteiger partial charge >= 0.3 is 0 Å². The summed E-state index contributed by atoms with van der Waals surface area (Å²) in [6.07, 6.45) is 1.62. The van der Waals surface area contributed by atoms with Gasteiger partial charge in [-0.25, -0.2) is 0 Å². The van der Waals surface area contributed by atoms with Crippen LogP contribution >= 0.6 is 0 Å². The molecule has 1 N–H and O–H groups in total. The first-order valence-corrected chi connectivity index (χ1v) is 5.59. The van der Waals surface area contributed by atoms with E-state index in [9.17, 15) is 5.11 Å². The van der Waals surface area contributed by atoms with Gasteiger partial charge in [-0.1, -0.05) is 0 Å². The van der Waals surface area contributed by atoms with E-state index in [4.69, 9.17) is 9.47 Å². The lowest BCUT2D eigenvalue weighted by atomic mass is 10.2. The molecular formula is C11H25NO3. The second kappa shape index (κ2) is 10.4. The van der Waals surface area contributed by atoms with E-state index in [1.807, 2.05) is 6.92 Å². The van der Waals surface area contributed by atoms with E-state index >= 15 is 0 Å². The van der Waals surface area contributed by atoms with Gasteiger partial charge in [0.15, 0.2) is 0 Å². The van der Waals surface area contributed by atoms with Crippen molar-refractivity contribution in [1.29, 1.82) is 0 Å². The van der Waals surface area contributed by atoms with Gasteiger partial charge in [0, 0.05) is 40.5 Å². The number of hydrogen-bond acceptors (Lipinski definition) is 4. The number of hydrogen-bond donors (Lipinski definition) is 1. The van der Waals surface area contributed by atoms with Gasteiger partial charge < -0.3 is 19.5 Å². The maximum Gasteiger partial charge on any atom is 0.0589 e. The van der Waals surface area contributed by atoms with Crippen molar-refractivity contribution < 1.29 is 14.6 Å². The minimum atomic E-state index is -0.225. The Morgan fingerprint density at radius 3 is 2.27 bits per heavy atom. The van der Waals surface area contributed by atoms with E-state index < -0.39 is 0 Å². The Kier molecular flexibility index (Phi) is 10.3. The van der Waals surface area contributed by atoms with Gasteiger partial charge in [-0.2, -0.15) is 0 Å². The summed E-state index contributed by atoms with van der Waals surface area (Å²) in [5.74, 6) is 0. The Morgan fingerprint density at radius 1 is 1.07 bits per heavy atom. The van der Waals surface area contributed by atoms with E-state index in [1.54, 1.807) is 14.2 Å². The quantitative estimate of drug-likeness (QED) is 0.550. The van der Waals surface area contributed by atoms with Crippen LogP contribution in [-0.4, -0.2) is 63.2 Å². The second-order valence-electron chi connectivity index (χ2n) is 3.82. The first-order chi connectivity index (χ1) is 7.20. The zero-order valence-electron chi connectivity index (χ0n) is 10.2. The summed E-state index contributed by atoms with van der Waals surface area (Å²) in [6, 6.07) is 0. The molecule has 4 nitrogen and oxygen atoms in total. The molecule has 1 unspecified atom stereocenters. The van der Waals surface area contributed by atoms with Crippen LogP contribution in [0.1, 0.15) is 19.8 Å². The van der Waals surface area contributed by atoms with Crippen LogP contribution in [0.4, 0.5) is 0 Å². The van der Waals surface area contributed by atoms with E-state index in [2.05, 4.69) is 4.90 Å². The van der Waals surface area contributed by atoms with Crippen LogP contribution in [-0.2, 0) is 9.47 Å². The summed E-state index contributed by atoms with van der Waals surface area (Å²) in [4.78, 5) is 2.30. The number of ether oxygens (including phenoxy) is 2. The lowest BCUT2D eigenvalue weighted by molar-refractivity contribution is 0.114. The highest BCUT2D eigenvalue weighted by Crippen LogP contribution is 1.98. The van der Waals surface area contributed by atoms with Gasteiger partial charge in [0.2, 0.25) is 0 Å². The molecule has 0 rings (SSSR count). The van der Waals surface area contributed by atoms with Crippen molar-refractivity contribution in [1.82, 2.24) is 4.90 Å². The SMILES string of the molecule is COCCCN(CCOC)CCC(C)O. The molecule has 92 valence electrons. The number of aliphatic hydroxyl groups excluding tert-OH is 1. The molecule has 0 radical (unpaired) electrons. The van der Waals surface area contributed by atoms with E-state index in [0.717, 1.165) is 45.7 Å². The highest BCUT2D eigenvalue weighted by atomic mass is 16.5. The molecule has 1 atom stereocenters. The summed E-state index contributed by atoms with van der Waals surface area (Å²) in [6.45, 7) is 6.20. The predicted octanol–water partition coefficient (Wildman–Crippen LogP) is 0.742. The molecule has 0 aromatic carbocycles. The van der Waals surface area contributed by atoms with Gasteiger partial charge in [0.1, 0.15) is 0 Å². The van der Waals surface area contributed by atoms with Crippen molar-refractivity contribution in [3.8, 4) is 0 Å². The van der Waals surface area contributed by atoms with E-state index in [-0.39, 0.29) is 6.10 Å². The molecule has 0 aliphatic heterocycles. The molecule has 0 saturated carbocycles. The Morgan fingerprint density at radius 2 is 1.73 bits per heavy atom. The van der Waals surface area contributed by atoms with Crippen molar-refractivity contribution in [2.24, 2.45) is 0 Å². The Bertz CT molecular complexity index is 131. The molecule has 0 aromatic heterocycles. The molecule has 0 amide bonds. The van der Waals surface area contributed by atoms with Gasteiger partial charge in [-0.15, -0.1) is 0 Å². The maximum atomic E-state index is 9.22. The van der Waals surface area contributed by atoms with Crippen LogP contribution in [0.2, 0.25) is 0 Å². The average Bonchev–Trinajstić information content (AvgIpc) is 2.21. The lowest BCUT2D eigenvalue weighted by Crippen LogP contribution is -2.31. The zero-order chi connectivity index (χ0) is 11.5. The third-order valence-corrected chi connectivity index (χ3v) is 2.30. The largest absolute Gasteiger partial charge is 0.393 e. The predicted molar refractivity (Wildman–Crippen MR) is 61.1 cm³/mol. The molecule has 0 aliphatic carbocycles. The Labute approximate surface area is 93.2 Å². The molecule has 0 heterocycles. The molecule has 0 spiro atoms. The number of methoxy groups -OCH3 is 2. The lowest BCUT2D eigenvalue weighted by Gasteiger charge is -2.22. The van der Waals surface area contributed by atoms with Crippen LogP contribution in [0.5, 0.6) is 0 Å². The van der Waals surface area contributed by atoms with Gasteiger partial charge in [-0.05, 0) is 19.8 Å². The smallest absolute Gasteiger partial charge is 0.0589 e. The highest BCUT2D eigenvalue weighted by molar-refractivity contribution is 4.60. The molecule has 0 aliphatic rings. The Balaban J connectivity index is 3.63. The minimum Gasteiger partial charge on any atom is -0.393 e. The highest BCUT2D eigenvalue weighted by Gasteiger charge is 2.05. The monoisotopic (exact) mass is 219 g/mol. The third-order valence-electron chi connectivity index (χ3n) is 2.30. The van der Waals surface area contributed by atoms with Gasteiger partial charge in [0.05, 0.1) is 12.7 Å². The molecule has 15 heavy (non-hydrogen) atoms. The molecular weight excluding hydrogens is 194 g/mol. The Hall–Kier alpha value is -0.160. The summed E-state index contributed by atoms with van der Waals surface area (Å²) in [7, 11) is 3.43. The molecule has 0 aromatic rings. The van der Waals surface area contributed by atoms with Crippen LogP contribution in [0.15, 0.2) is 0 Å². The van der Waals surface area contributed by atoms with Crippen molar-refractivity contribution in [2.75, 3.05) is 47.1 Å². The van der Waals surface area contributed by atoms with E-state index in [1.165, 1.54) is 0 Å². The van der Waals surface area contributed by atoms with Crippen molar-refractivity contribution in [2.45, 2.75) is 25.9 Å². The standard InChI is InChI=1S/C11H25NO3/c1-11(13)5-7-12(8-10-15-3)6-4-9-14-2/h11,13H,4-10H2,1-3H3. The van der Waals surface area contributed by atoms with Crippen LogP contribution in [0, 0.1) is 0 Å². The summed E-state index contributed by atoms with van der Waals surface area (Å²) >= 11 is 0. The van der Waals surface area contributed by atoms with Gasteiger partial charge in [-0.3, -0.25) is 0 Å². The number of nitrogens with zero attached hydrogens (tertiary/aromatic N) is 1. The second-order valence-corrected chi connectivity index (χ2v) is 3.82. The van der Waals surface area contributed by atoms with Crippen molar-refractivity contribution >= 4 is 0 Å². The topological polar surface area (TPSA) is 41.9 Å². The fraction of sp³-hybridized carbons (Fsp3) is 1.00. The molecule has 0 saturated heterocycles. The normalized spacial score (nSPS) is 13.4. The maximum absolute atomic E-state index is 9.22. The summed E-state index contributed by atoms with van der Waals surface area (Å²) in [5, 5.41) is 9.22. The van der Waals surface area contributed by atoms with Crippen LogP contribution in [0.3, 0.4) is 0 Å². The van der Waals surface area contributed by atoms with Crippen molar-refractivity contribution in [3.05, 3.63) is 0 Å². The van der Waals surface area contributed by atoms with Crippen LogP contribution < -0.4 is 0 Å². The summed E-state index contributed by atoms with van der Waals surface area (Å²) in [5.41, 5.74) is 0. The number of rotatable bonds is 10. The number of aliphatic hydroxyl groups is 1. The summed E-state index contributed by atoms with van der Waals surface area (Å²) < 4.78 is 10.1. The van der Waals surface area contributed by atoms with E-state index in [0.29, 0.717) is 0 Å². The van der Waals surface area contributed by atoms with Gasteiger partial charge in [0.25, 0.3) is 0 Å². The third kappa shape index (κ3) is 10.1. The fourth-order valence-electron chi connectivity index (χ4n) is 1.36.